The quantitative estimate of drug-likeness (QED) is 0.886. The Hall–Kier alpha value is -1.38. The van der Waals surface area contributed by atoms with Crippen LogP contribution >= 0.6 is 11.6 Å². The van der Waals surface area contributed by atoms with Crippen molar-refractivity contribution < 1.29 is 4.39 Å². The molecule has 0 saturated heterocycles. The average Bonchev–Trinajstić information content (AvgIpc) is 2.73. The molecule has 1 atom stereocenters. The highest BCUT2D eigenvalue weighted by atomic mass is 35.5. The van der Waals surface area contributed by atoms with Crippen molar-refractivity contribution in [3.05, 3.63) is 70.0 Å². The lowest BCUT2D eigenvalue weighted by molar-refractivity contribution is 0.438. The fraction of sp³-hybridized carbons (Fsp3) is 0.250. The van der Waals surface area contributed by atoms with Gasteiger partial charge in [-0.1, -0.05) is 41.9 Å². The number of halogens is 2. The third-order valence-electron chi connectivity index (χ3n) is 3.90. The fourth-order valence-corrected chi connectivity index (χ4v) is 3.03. The van der Waals surface area contributed by atoms with Crippen molar-refractivity contribution in [2.45, 2.75) is 24.8 Å². The zero-order chi connectivity index (χ0) is 13.5. The number of fused-ring (bicyclic) bond motifs is 1. The zero-order valence-corrected chi connectivity index (χ0v) is 11.3. The van der Waals surface area contributed by atoms with Crippen molar-refractivity contribution in [3.63, 3.8) is 0 Å². The van der Waals surface area contributed by atoms with Gasteiger partial charge in [-0.2, -0.15) is 0 Å². The summed E-state index contributed by atoms with van der Waals surface area (Å²) in [4.78, 5) is 0. The Balaban J connectivity index is 1.93. The summed E-state index contributed by atoms with van der Waals surface area (Å²) in [5.41, 5.74) is 9.52. The molecular formula is C16H15ClFN. The van der Waals surface area contributed by atoms with Crippen molar-refractivity contribution in [3.8, 4) is 0 Å². The van der Waals surface area contributed by atoms with Crippen LogP contribution in [0.4, 0.5) is 4.39 Å². The Morgan fingerprint density at radius 2 is 2.00 bits per heavy atom. The summed E-state index contributed by atoms with van der Waals surface area (Å²) in [7, 11) is 0. The van der Waals surface area contributed by atoms with E-state index in [1.54, 1.807) is 6.07 Å². The molecular weight excluding hydrogens is 261 g/mol. The van der Waals surface area contributed by atoms with Gasteiger partial charge in [0.25, 0.3) is 0 Å². The first kappa shape index (κ1) is 12.6. The molecule has 0 aliphatic heterocycles. The molecule has 0 amide bonds. The third kappa shape index (κ3) is 2.26. The van der Waals surface area contributed by atoms with E-state index in [0.29, 0.717) is 6.42 Å². The van der Waals surface area contributed by atoms with Gasteiger partial charge in [-0.25, -0.2) is 4.39 Å². The van der Waals surface area contributed by atoms with Gasteiger partial charge < -0.3 is 5.73 Å². The molecule has 3 heteroatoms. The Kier molecular flexibility index (Phi) is 3.08. The molecule has 1 aliphatic carbocycles. The maximum atomic E-state index is 13.5. The molecule has 0 bridgehead atoms. The first-order valence-corrected chi connectivity index (χ1v) is 6.77. The summed E-state index contributed by atoms with van der Waals surface area (Å²) >= 11 is 5.71. The van der Waals surface area contributed by atoms with E-state index < -0.39 is 5.54 Å². The molecule has 0 aromatic heterocycles. The van der Waals surface area contributed by atoms with Crippen LogP contribution in [0.5, 0.6) is 0 Å². The maximum Gasteiger partial charge on any atom is 0.142 e. The van der Waals surface area contributed by atoms with Crippen LogP contribution in [0.2, 0.25) is 5.02 Å². The van der Waals surface area contributed by atoms with E-state index >= 15 is 0 Å². The Morgan fingerprint density at radius 3 is 2.79 bits per heavy atom. The van der Waals surface area contributed by atoms with Gasteiger partial charge in [-0.3, -0.25) is 0 Å². The topological polar surface area (TPSA) is 26.0 Å². The van der Waals surface area contributed by atoms with Crippen molar-refractivity contribution in [2.75, 3.05) is 0 Å². The van der Waals surface area contributed by atoms with Crippen LogP contribution in [0, 0.1) is 5.82 Å². The highest BCUT2D eigenvalue weighted by Gasteiger charge is 2.34. The predicted octanol–water partition coefficient (Wildman–Crippen LogP) is 3.82. The number of hydrogen-bond acceptors (Lipinski definition) is 1. The molecule has 0 fully saturated rings. The predicted molar refractivity (Wildman–Crippen MR) is 75.7 cm³/mol. The SMILES string of the molecule is NC1(Cc2ccc(Cl)c(F)c2)CCc2ccccc21. The minimum Gasteiger partial charge on any atom is -0.321 e. The summed E-state index contributed by atoms with van der Waals surface area (Å²) in [5, 5.41) is 0.154. The molecule has 3 rings (SSSR count). The summed E-state index contributed by atoms with van der Waals surface area (Å²) in [6.07, 6.45) is 2.53. The molecule has 19 heavy (non-hydrogen) atoms. The largest absolute Gasteiger partial charge is 0.321 e. The van der Waals surface area contributed by atoms with Gasteiger partial charge >= 0.3 is 0 Å². The molecule has 2 N–H and O–H groups in total. The van der Waals surface area contributed by atoms with Crippen molar-refractivity contribution in [2.24, 2.45) is 5.73 Å². The molecule has 1 aliphatic rings. The van der Waals surface area contributed by atoms with E-state index in [0.717, 1.165) is 18.4 Å². The van der Waals surface area contributed by atoms with E-state index in [2.05, 4.69) is 12.1 Å². The van der Waals surface area contributed by atoms with Gasteiger partial charge in [0.05, 0.1) is 5.02 Å². The van der Waals surface area contributed by atoms with Crippen molar-refractivity contribution in [1.82, 2.24) is 0 Å². The van der Waals surface area contributed by atoms with Crippen LogP contribution in [0.15, 0.2) is 42.5 Å². The van der Waals surface area contributed by atoms with Gasteiger partial charge in [-0.15, -0.1) is 0 Å². The third-order valence-corrected chi connectivity index (χ3v) is 4.20. The van der Waals surface area contributed by atoms with Gasteiger partial charge in [-0.05, 0) is 48.1 Å². The molecule has 0 heterocycles. The number of benzene rings is 2. The van der Waals surface area contributed by atoms with Crippen molar-refractivity contribution in [1.29, 1.82) is 0 Å². The highest BCUT2D eigenvalue weighted by Crippen LogP contribution is 2.37. The molecule has 1 unspecified atom stereocenters. The lowest BCUT2D eigenvalue weighted by Crippen LogP contribution is -2.36. The summed E-state index contributed by atoms with van der Waals surface area (Å²) in [5.74, 6) is -0.381. The number of nitrogens with two attached hydrogens (primary N) is 1. The first-order valence-electron chi connectivity index (χ1n) is 6.40. The monoisotopic (exact) mass is 275 g/mol. The van der Waals surface area contributed by atoms with Gasteiger partial charge in [0.15, 0.2) is 0 Å². The number of rotatable bonds is 2. The van der Waals surface area contributed by atoms with Crippen LogP contribution in [-0.2, 0) is 18.4 Å². The molecule has 98 valence electrons. The van der Waals surface area contributed by atoms with E-state index in [1.165, 1.54) is 17.2 Å². The van der Waals surface area contributed by atoms with Crippen LogP contribution < -0.4 is 5.73 Å². The maximum absolute atomic E-state index is 13.5. The van der Waals surface area contributed by atoms with Crippen LogP contribution in [0.1, 0.15) is 23.1 Å². The summed E-state index contributed by atoms with van der Waals surface area (Å²) < 4.78 is 13.5. The average molecular weight is 276 g/mol. The van der Waals surface area contributed by atoms with E-state index in [9.17, 15) is 4.39 Å². The second kappa shape index (κ2) is 4.62. The van der Waals surface area contributed by atoms with Crippen LogP contribution in [0.25, 0.3) is 0 Å². The number of aryl methyl sites for hydroxylation is 1. The molecule has 0 saturated carbocycles. The second-order valence-electron chi connectivity index (χ2n) is 5.24. The van der Waals surface area contributed by atoms with Crippen LogP contribution in [0.3, 0.4) is 0 Å². The smallest absolute Gasteiger partial charge is 0.142 e. The Morgan fingerprint density at radius 1 is 1.21 bits per heavy atom. The molecule has 2 aromatic carbocycles. The summed E-state index contributed by atoms with van der Waals surface area (Å²) in [6, 6.07) is 13.2. The standard InChI is InChI=1S/C16H15ClFN/c17-14-6-5-11(9-15(14)18)10-16(19)8-7-12-3-1-2-4-13(12)16/h1-6,9H,7-8,10,19H2. The minimum atomic E-state index is -0.392. The van der Waals surface area contributed by atoms with Gasteiger partial charge in [0, 0.05) is 5.54 Å². The van der Waals surface area contributed by atoms with E-state index in [1.807, 2.05) is 18.2 Å². The van der Waals surface area contributed by atoms with Gasteiger partial charge in [0.1, 0.15) is 5.82 Å². The minimum absolute atomic E-state index is 0.154. The molecule has 0 radical (unpaired) electrons. The Labute approximate surface area is 117 Å². The lowest BCUT2D eigenvalue weighted by atomic mass is 9.86. The van der Waals surface area contributed by atoms with E-state index in [4.69, 9.17) is 17.3 Å². The van der Waals surface area contributed by atoms with Gasteiger partial charge in [0.2, 0.25) is 0 Å². The normalized spacial score (nSPS) is 21.4. The lowest BCUT2D eigenvalue weighted by Gasteiger charge is -2.25. The summed E-state index contributed by atoms with van der Waals surface area (Å²) in [6.45, 7) is 0. The molecule has 2 aromatic rings. The molecule has 1 nitrogen and oxygen atoms in total. The highest BCUT2D eigenvalue weighted by molar-refractivity contribution is 6.30. The van der Waals surface area contributed by atoms with Crippen LogP contribution in [-0.4, -0.2) is 0 Å². The second-order valence-corrected chi connectivity index (χ2v) is 5.65. The van der Waals surface area contributed by atoms with Crippen molar-refractivity contribution >= 4 is 11.6 Å². The Bertz CT molecular complexity index is 626. The van der Waals surface area contributed by atoms with E-state index in [-0.39, 0.29) is 10.8 Å². The molecule has 0 spiro atoms. The zero-order valence-electron chi connectivity index (χ0n) is 10.5. The fourth-order valence-electron chi connectivity index (χ4n) is 2.91. The first-order chi connectivity index (χ1) is 9.08. The number of hydrogen-bond donors (Lipinski definition) is 1.